The van der Waals surface area contributed by atoms with Gasteiger partial charge in [0, 0.05) is 10.9 Å². The standard InChI is InChI=1S/C15H15BrO2/c1-18-14-7-2-4-11(8-14)9-15(17)12-5-3-6-13(16)10-12/h2-8,10,15,17H,9H2,1H3. The zero-order valence-corrected chi connectivity index (χ0v) is 11.7. The number of hydrogen-bond donors (Lipinski definition) is 1. The minimum atomic E-state index is -0.505. The minimum Gasteiger partial charge on any atom is -0.497 e. The van der Waals surface area contributed by atoms with Crippen molar-refractivity contribution in [1.82, 2.24) is 0 Å². The number of benzene rings is 2. The summed E-state index contributed by atoms with van der Waals surface area (Å²) >= 11 is 3.41. The maximum atomic E-state index is 10.2. The van der Waals surface area contributed by atoms with Gasteiger partial charge in [-0.15, -0.1) is 0 Å². The topological polar surface area (TPSA) is 29.5 Å². The third-order valence-corrected chi connectivity index (χ3v) is 3.29. The predicted octanol–water partition coefficient (Wildman–Crippen LogP) is 3.73. The van der Waals surface area contributed by atoms with Crippen LogP contribution in [0, 0.1) is 0 Å². The number of aliphatic hydroxyl groups is 1. The molecule has 0 saturated heterocycles. The molecule has 0 aromatic heterocycles. The van der Waals surface area contributed by atoms with E-state index in [1.165, 1.54) is 0 Å². The molecule has 1 unspecified atom stereocenters. The van der Waals surface area contributed by atoms with E-state index in [0.29, 0.717) is 6.42 Å². The summed E-state index contributed by atoms with van der Waals surface area (Å²) in [4.78, 5) is 0. The maximum absolute atomic E-state index is 10.2. The highest BCUT2D eigenvalue weighted by molar-refractivity contribution is 9.10. The first-order valence-electron chi connectivity index (χ1n) is 5.75. The Morgan fingerprint density at radius 1 is 1.17 bits per heavy atom. The number of hydrogen-bond acceptors (Lipinski definition) is 2. The molecule has 2 rings (SSSR count). The highest BCUT2D eigenvalue weighted by atomic mass is 79.9. The molecule has 18 heavy (non-hydrogen) atoms. The summed E-state index contributed by atoms with van der Waals surface area (Å²) in [5.41, 5.74) is 1.97. The second kappa shape index (κ2) is 6.03. The summed E-state index contributed by atoms with van der Waals surface area (Å²) in [6, 6.07) is 15.5. The highest BCUT2D eigenvalue weighted by Crippen LogP contribution is 2.23. The van der Waals surface area contributed by atoms with Gasteiger partial charge in [-0.25, -0.2) is 0 Å². The SMILES string of the molecule is COc1cccc(CC(O)c2cccc(Br)c2)c1. The van der Waals surface area contributed by atoms with Crippen LogP contribution in [0.1, 0.15) is 17.2 Å². The molecule has 0 spiro atoms. The number of halogens is 1. The average molecular weight is 307 g/mol. The smallest absolute Gasteiger partial charge is 0.119 e. The van der Waals surface area contributed by atoms with Crippen molar-refractivity contribution in [2.45, 2.75) is 12.5 Å². The van der Waals surface area contributed by atoms with Gasteiger partial charge >= 0.3 is 0 Å². The van der Waals surface area contributed by atoms with E-state index in [9.17, 15) is 5.11 Å². The van der Waals surface area contributed by atoms with E-state index in [4.69, 9.17) is 4.74 Å². The van der Waals surface area contributed by atoms with Gasteiger partial charge in [-0.1, -0.05) is 40.2 Å². The molecular weight excluding hydrogens is 292 g/mol. The third-order valence-electron chi connectivity index (χ3n) is 2.80. The molecule has 0 aliphatic heterocycles. The summed E-state index contributed by atoms with van der Waals surface area (Å²) in [5.74, 6) is 0.814. The Bertz CT molecular complexity index is 525. The van der Waals surface area contributed by atoms with E-state index in [2.05, 4.69) is 15.9 Å². The molecule has 1 atom stereocenters. The maximum Gasteiger partial charge on any atom is 0.119 e. The van der Waals surface area contributed by atoms with Gasteiger partial charge in [0.1, 0.15) is 5.75 Å². The summed E-state index contributed by atoms with van der Waals surface area (Å²) in [6.45, 7) is 0. The van der Waals surface area contributed by atoms with E-state index in [0.717, 1.165) is 21.3 Å². The monoisotopic (exact) mass is 306 g/mol. The van der Waals surface area contributed by atoms with Crippen molar-refractivity contribution < 1.29 is 9.84 Å². The first-order valence-corrected chi connectivity index (χ1v) is 6.55. The summed E-state index contributed by atoms with van der Waals surface area (Å²) in [7, 11) is 1.64. The molecule has 0 saturated carbocycles. The molecule has 0 aliphatic rings. The molecular formula is C15H15BrO2. The molecule has 0 aliphatic carbocycles. The Morgan fingerprint density at radius 3 is 2.67 bits per heavy atom. The molecule has 2 nitrogen and oxygen atoms in total. The zero-order chi connectivity index (χ0) is 13.0. The van der Waals surface area contributed by atoms with Crippen molar-refractivity contribution in [2.75, 3.05) is 7.11 Å². The Hall–Kier alpha value is -1.32. The average Bonchev–Trinajstić information content (AvgIpc) is 2.39. The van der Waals surface area contributed by atoms with Crippen LogP contribution in [0.15, 0.2) is 53.0 Å². The van der Waals surface area contributed by atoms with Gasteiger partial charge in [-0.05, 0) is 35.4 Å². The molecule has 1 N–H and O–H groups in total. The largest absolute Gasteiger partial charge is 0.497 e. The molecule has 0 fully saturated rings. The lowest BCUT2D eigenvalue weighted by atomic mass is 10.0. The molecule has 0 heterocycles. The molecule has 94 valence electrons. The van der Waals surface area contributed by atoms with Crippen LogP contribution in [0.2, 0.25) is 0 Å². The fourth-order valence-corrected chi connectivity index (χ4v) is 2.27. The van der Waals surface area contributed by atoms with Gasteiger partial charge < -0.3 is 9.84 Å². The van der Waals surface area contributed by atoms with E-state index in [1.54, 1.807) is 7.11 Å². The van der Waals surface area contributed by atoms with E-state index < -0.39 is 6.10 Å². The normalized spacial score (nSPS) is 12.2. The predicted molar refractivity (Wildman–Crippen MR) is 75.8 cm³/mol. The van der Waals surface area contributed by atoms with Gasteiger partial charge in [0.25, 0.3) is 0 Å². The van der Waals surface area contributed by atoms with E-state index in [-0.39, 0.29) is 0 Å². The van der Waals surface area contributed by atoms with Crippen molar-refractivity contribution in [2.24, 2.45) is 0 Å². The number of methoxy groups -OCH3 is 1. The van der Waals surface area contributed by atoms with Gasteiger partial charge in [-0.3, -0.25) is 0 Å². The molecule has 3 heteroatoms. The summed E-state index contributed by atoms with van der Waals surface area (Å²) < 4.78 is 6.15. The van der Waals surface area contributed by atoms with Crippen molar-refractivity contribution in [3.8, 4) is 5.75 Å². The molecule has 2 aromatic carbocycles. The number of ether oxygens (including phenoxy) is 1. The van der Waals surface area contributed by atoms with Crippen molar-refractivity contribution >= 4 is 15.9 Å². The molecule has 0 bridgehead atoms. The van der Waals surface area contributed by atoms with Crippen LogP contribution in [-0.2, 0) is 6.42 Å². The summed E-state index contributed by atoms with van der Waals surface area (Å²) in [6.07, 6.45) is 0.0720. The molecule has 0 amide bonds. The fraction of sp³-hybridized carbons (Fsp3) is 0.200. The zero-order valence-electron chi connectivity index (χ0n) is 10.1. The number of aliphatic hydroxyl groups excluding tert-OH is 1. The Kier molecular flexibility index (Phi) is 4.39. The van der Waals surface area contributed by atoms with Crippen molar-refractivity contribution in [1.29, 1.82) is 0 Å². The Morgan fingerprint density at radius 2 is 1.94 bits per heavy atom. The minimum absolute atomic E-state index is 0.505. The van der Waals surface area contributed by atoms with Crippen LogP contribution in [0.3, 0.4) is 0 Å². The van der Waals surface area contributed by atoms with Gasteiger partial charge in [0.05, 0.1) is 13.2 Å². The van der Waals surface area contributed by atoms with Crippen LogP contribution < -0.4 is 4.74 Å². The molecule has 0 radical (unpaired) electrons. The van der Waals surface area contributed by atoms with Crippen molar-refractivity contribution in [3.05, 3.63) is 64.1 Å². The lowest BCUT2D eigenvalue weighted by Gasteiger charge is -2.12. The van der Waals surface area contributed by atoms with Crippen LogP contribution >= 0.6 is 15.9 Å². The first kappa shape index (κ1) is 13.1. The van der Waals surface area contributed by atoms with E-state index >= 15 is 0 Å². The first-order chi connectivity index (χ1) is 8.69. The lowest BCUT2D eigenvalue weighted by Crippen LogP contribution is -2.01. The van der Waals surface area contributed by atoms with E-state index in [1.807, 2.05) is 48.5 Å². The number of rotatable bonds is 4. The second-order valence-electron chi connectivity index (χ2n) is 4.13. The Labute approximate surface area is 115 Å². The van der Waals surface area contributed by atoms with Crippen LogP contribution in [-0.4, -0.2) is 12.2 Å². The van der Waals surface area contributed by atoms with Crippen LogP contribution in [0.5, 0.6) is 5.75 Å². The third kappa shape index (κ3) is 3.34. The quantitative estimate of drug-likeness (QED) is 0.932. The Balaban J connectivity index is 2.13. The van der Waals surface area contributed by atoms with Gasteiger partial charge in [-0.2, -0.15) is 0 Å². The summed E-state index contributed by atoms with van der Waals surface area (Å²) in [5, 5.41) is 10.2. The van der Waals surface area contributed by atoms with Crippen molar-refractivity contribution in [3.63, 3.8) is 0 Å². The van der Waals surface area contributed by atoms with Crippen LogP contribution in [0.4, 0.5) is 0 Å². The van der Waals surface area contributed by atoms with Gasteiger partial charge in [0.2, 0.25) is 0 Å². The lowest BCUT2D eigenvalue weighted by molar-refractivity contribution is 0.178. The highest BCUT2D eigenvalue weighted by Gasteiger charge is 2.09. The van der Waals surface area contributed by atoms with Gasteiger partial charge in [0.15, 0.2) is 0 Å². The fourth-order valence-electron chi connectivity index (χ4n) is 1.85. The second-order valence-corrected chi connectivity index (χ2v) is 5.04. The van der Waals surface area contributed by atoms with Crippen LogP contribution in [0.25, 0.3) is 0 Å². The molecule has 2 aromatic rings.